The summed E-state index contributed by atoms with van der Waals surface area (Å²) in [6, 6.07) is 11.7. The first kappa shape index (κ1) is 16.9. The third-order valence-corrected chi connectivity index (χ3v) is 4.35. The maximum Gasteiger partial charge on any atom is 0.348 e. The molecule has 0 atom stereocenters. The average Bonchev–Trinajstić information content (AvgIpc) is 3.33. The fraction of sp³-hybridized carbons (Fsp3) is 0.211. The molecule has 0 amide bonds. The molecule has 0 N–H and O–H groups in total. The van der Waals surface area contributed by atoms with Crippen molar-refractivity contribution in [2.75, 3.05) is 0 Å². The Bertz CT molecular complexity index is 1130. The van der Waals surface area contributed by atoms with Crippen LogP contribution in [0.15, 0.2) is 59.8 Å². The van der Waals surface area contributed by atoms with E-state index >= 15 is 0 Å². The molecule has 0 unspecified atom stereocenters. The minimum absolute atomic E-state index is 0.236. The first-order chi connectivity index (χ1) is 13.1. The van der Waals surface area contributed by atoms with E-state index in [4.69, 9.17) is 0 Å². The van der Waals surface area contributed by atoms with Crippen LogP contribution in [0.25, 0.3) is 16.9 Å². The van der Waals surface area contributed by atoms with Gasteiger partial charge in [0.05, 0.1) is 18.4 Å². The number of hydrogen-bond acceptors (Lipinski definition) is 5. The minimum Gasteiger partial charge on any atom is -0.295 e. The molecular formula is C19H19N7O. The molecule has 0 saturated carbocycles. The van der Waals surface area contributed by atoms with Gasteiger partial charge in [-0.1, -0.05) is 17.3 Å². The van der Waals surface area contributed by atoms with Crippen LogP contribution in [0, 0.1) is 13.8 Å². The summed E-state index contributed by atoms with van der Waals surface area (Å²) in [7, 11) is 0. The van der Waals surface area contributed by atoms with Crippen LogP contribution < -0.4 is 5.69 Å². The van der Waals surface area contributed by atoms with Crippen molar-refractivity contribution in [1.82, 2.24) is 34.3 Å². The minimum atomic E-state index is -0.236. The van der Waals surface area contributed by atoms with E-state index in [2.05, 4.69) is 20.4 Å². The summed E-state index contributed by atoms with van der Waals surface area (Å²) in [5.41, 5.74) is 4.07. The predicted molar refractivity (Wildman–Crippen MR) is 101 cm³/mol. The lowest BCUT2D eigenvalue weighted by molar-refractivity contribution is 0.497. The van der Waals surface area contributed by atoms with Crippen molar-refractivity contribution < 1.29 is 0 Å². The lowest BCUT2D eigenvalue weighted by atomic mass is 10.1. The highest BCUT2D eigenvalue weighted by Crippen LogP contribution is 2.19. The van der Waals surface area contributed by atoms with Gasteiger partial charge in [-0.3, -0.25) is 9.25 Å². The van der Waals surface area contributed by atoms with Gasteiger partial charge in [-0.25, -0.2) is 9.48 Å². The Morgan fingerprint density at radius 1 is 1.07 bits per heavy atom. The van der Waals surface area contributed by atoms with Crippen molar-refractivity contribution in [3.05, 3.63) is 76.9 Å². The summed E-state index contributed by atoms with van der Waals surface area (Å²) in [5, 5.41) is 12.7. The zero-order chi connectivity index (χ0) is 18.8. The van der Waals surface area contributed by atoms with Gasteiger partial charge in [-0.15, -0.1) is 5.10 Å². The van der Waals surface area contributed by atoms with Gasteiger partial charge in [0.15, 0.2) is 0 Å². The molecular weight excluding hydrogens is 342 g/mol. The van der Waals surface area contributed by atoms with E-state index in [1.54, 1.807) is 20.1 Å². The number of benzene rings is 1. The van der Waals surface area contributed by atoms with E-state index in [0.29, 0.717) is 13.1 Å². The molecule has 0 aliphatic carbocycles. The SMILES string of the molecule is Cc1cc(C)n(CCn2cc(-c3cccc(-n4cccn4)c3)nn2)c(=O)n1. The predicted octanol–water partition coefficient (Wildman–Crippen LogP) is 2.00. The highest BCUT2D eigenvalue weighted by Gasteiger charge is 2.08. The van der Waals surface area contributed by atoms with Crippen LogP contribution in [0.2, 0.25) is 0 Å². The van der Waals surface area contributed by atoms with Crippen LogP contribution in [0.1, 0.15) is 11.4 Å². The topological polar surface area (TPSA) is 83.4 Å². The second-order valence-electron chi connectivity index (χ2n) is 6.34. The third-order valence-electron chi connectivity index (χ3n) is 4.35. The van der Waals surface area contributed by atoms with Crippen LogP contribution in [0.5, 0.6) is 0 Å². The van der Waals surface area contributed by atoms with Gasteiger partial charge < -0.3 is 0 Å². The van der Waals surface area contributed by atoms with Crippen LogP contribution in [0.4, 0.5) is 0 Å². The molecule has 1 aromatic carbocycles. The summed E-state index contributed by atoms with van der Waals surface area (Å²) < 4.78 is 5.18. The van der Waals surface area contributed by atoms with Crippen molar-refractivity contribution >= 4 is 0 Å². The Balaban J connectivity index is 1.53. The lowest BCUT2D eigenvalue weighted by Crippen LogP contribution is -2.27. The Labute approximate surface area is 155 Å². The molecule has 3 aromatic heterocycles. The van der Waals surface area contributed by atoms with Crippen molar-refractivity contribution in [2.24, 2.45) is 0 Å². The van der Waals surface area contributed by atoms with Crippen LogP contribution in [0.3, 0.4) is 0 Å². The summed E-state index contributed by atoms with van der Waals surface area (Å²) in [4.78, 5) is 16.0. The Kier molecular flexibility index (Phi) is 4.37. The average molecular weight is 361 g/mol. The maximum absolute atomic E-state index is 12.1. The number of aryl methyl sites for hydroxylation is 3. The normalized spacial score (nSPS) is 11.0. The molecule has 3 heterocycles. The highest BCUT2D eigenvalue weighted by atomic mass is 16.1. The standard InChI is InChI=1S/C19H19N7O/c1-14-11-15(2)25(19(27)21-14)10-9-24-13-18(22-23-24)16-5-3-6-17(12-16)26-8-4-7-20-26/h3-8,11-13H,9-10H2,1-2H3. The molecule has 0 saturated heterocycles. The van der Waals surface area contributed by atoms with E-state index in [1.807, 2.05) is 62.6 Å². The van der Waals surface area contributed by atoms with Crippen LogP contribution in [-0.4, -0.2) is 34.3 Å². The fourth-order valence-electron chi connectivity index (χ4n) is 3.02. The van der Waals surface area contributed by atoms with Gasteiger partial charge in [0, 0.05) is 35.9 Å². The first-order valence-electron chi connectivity index (χ1n) is 8.66. The van der Waals surface area contributed by atoms with Crippen molar-refractivity contribution in [3.63, 3.8) is 0 Å². The van der Waals surface area contributed by atoms with Crippen LogP contribution >= 0.6 is 0 Å². The summed E-state index contributed by atoms with van der Waals surface area (Å²) in [6.45, 7) is 4.76. The van der Waals surface area contributed by atoms with E-state index < -0.39 is 0 Å². The smallest absolute Gasteiger partial charge is 0.295 e. The van der Waals surface area contributed by atoms with E-state index in [9.17, 15) is 4.79 Å². The Morgan fingerprint density at radius 3 is 2.74 bits per heavy atom. The van der Waals surface area contributed by atoms with Gasteiger partial charge >= 0.3 is 5.69 Å². The molecule has 0 aliphatic rings. The van der Waals surface area contributed by atoms with E-state index in [1.165, 1.54) is 0 Å². The van der Waals surface area contributed by atoms with Gasteiger partial charge in [-0.05, 0) is 38.1 Å². The fourth-order valence-corrected chi connectivity index (χ4v) is 3.02. The molecule has 27 heavy (non-hydrogen) atoms. The largest absolute Gasteiger partial charge is 0.348 e. The number of hydrogen-bond donors (Lipinski definition) is 0. The number of aromatic nitrogens is 7. The van der Waals surface area contributed by atoms with Crippen molar-refractivity contribution in [2.45, 2.75) is 26.9 Å². The zero-order valence-corrected chi connectivity index (χ0v) is 15.1. The molecule has 0 spiro atoms. The van der Waals surface area contributed by atoms with Crippen molar-refractivity contribution in [1.29, 1.82) is 0 Å². The van der Waals surface area contributed by atoms with E-state index in [0.717, 1.165) is 28.3 Å². The second-order valence-corrected chi connectivity index (χ2v) is 6.34. The molecule has 0 radical (unpaired) electrons. The molecule has 0 fully saturated rings. The summed E-state index contributed by atoms with van der Waals surface area (Å²) in [6.07, 6.45) is 5.52. The Morgan fingerprint density at radius 2 is 1.96 bits per heavy atom. The molecule has 8 heteroatoms. The van der Waals surface area contributed by atoms with Crippen LogP contribution in [-0.2, 0) is 13.1 Å². The Hall–Kier alpha value is -3.55. The van der Waals surface area contributed by atoms with Gasteiger partial charge in [0.1, 0.15) is 5.69 Å². The second kappa shape index (κ2) is 6.99. The van der Waals surface area contributed by atoms with Gasteiger partial charge in [0.2, 0.25) is 0 Å². The molecule has 136 valence electrons. The monoisotopic (exact) mass is 361 g/mol. The molecule has 8 nitrogen and oxygen atoms in total. The molecule has 0 bridgehead atoms. The summed E-state index contributed by atoms with van der Waals surface area (Å²) >= 11 is 0. The molecule has 4 rings (SSSR count). The zero-order valence-electron chi connectivity index (χ0n) is 15.1. The van der Waals surface area contributed by atoms with E-state index in [-0.39, 0.29) is 5.69 Å². The van der Waals surface area contributed by atoms with Crippen molar-refractivity contribution in [3.8, 4) is 16.9 Å². The van der Waals surface area contributed by atoms with Gasteiger partial charge in [0.25, 0.3) is 0 Å². The molecule has 4 aromatic rings. The number of nitrogens with zero attached hydrogens (tertiary/aromatic N) is 7. The molecule has 0 aliphatic heterocycles. The third kappa shape index (κ3) is 3.55. The lowest BCUT2D eigenvalue weighted by Gasteiger charge is -2.09. The quantitative estimate of drug-likeness (QED) is 0.543. The highest BCUT2D eigenvalue weighted by molar-refractivity contribution is 5.61. The first-order valence-corrected chi connectivity index (χ1v) is 8.66. The maximum atomic E-state index is 12.1. The summed E-state index contributed by atoms with van der Waals surface area (Å²) in [5.74, 6) is 0. The number of rotatable bonds is 5. The van der Waals surface area contributed by atoms with Gasteiger partial charge in [-0.2, -0.15) is 10.1 Å².